The first-order chi connectivity index (χ1) is 7.63. The van der Waals surface area contributed by atoms with Crippen molar-refractivity contribution in [2.45, 2.75) is 31.9 Å². The highest BCUT2D eigenvalue weighted by Crippen LogP contribution is 2.12. The van der Waals surface area contributed by atoms with Crippen molar-refractivity contribution >= 4 is 11.8 Å². The summed E-state index contributed by atoms with van der Waals surface area (Å²) in [5.41, 5.74) is 5.22. The van der Waals surface area contributed by atoms with E-state index in [2.05, 4.69) is 10.6 Å². The molecule has 0 aromatic rings. The normalized spacial score (nSPS) is 24.9. The molecule has 0 spiro atoms. The van der Waals surface area contributed by atoms with Crippen LogP contribution in [0.3, 0.4) is 0 Å². The minimum Gasteiger partial charge on any atom is -0.378 e. The van der Waals surface area contributed by atoms with Crippen molar-refractivity contribution in [1.29, 1.82) is 0 Å². The summed E-state index contributed by atoms with van der Waals surface area (Å²) in [6.45, 7) is 3.22. The second-order valence-electron chi connectivity index (χ2n) is 3.92. The molecule has 1 heterocycles. The van der Waals surface area contributed by atoms with Gasteiger partial charge in [0.1, 0.15) is 0 Å². The van der Waals surface area contributed by atoms with Crippen LogP contribution in [0.4, 0.5) is 0 Å². The van der Waals surface area contributed by atoms with Gasteiger partial charge >= 0.3 is 11.8 Å². The predicted octanol–water partition coefficient (Wildman–Crippen LogP) is -1.25. The summed E-state index contributed by atoms with van der Waals surface area (Å²) in [6, 6.07) is 0.0277. The van der Waals surface area contributed by atoms with Crippen LogP contribution in [-0.4, -0.2) is 43.7 Å². The van der Waals surface area contributed by atoms with E-state index in [-0.39, 0.29) is 12.1 Å². The van der Waals surface area contributed by atoms with Gasteiger partial charge in [-0.05, 0) is 19.8 Å². The van der Waals surface area contributed by atoms with Crippen LogP contribution in [0.2, 0.25) is 0 Å². The van der Waals surface area contributed by atoms with E-state index >= 15 is 0 Å². The van der Waals surface area contributed by atoms with Crippen LogP contribution in [0, 0.1) is 0 Å². The molecule has 16 heavy (non-hydrogen) atoms. The first-order valence-corrected chi connectivity index (χ1v) is 5.54. The number of nitrogens with one attached hydrogen (secondary N) is 2. The predicted molar refractivity (Wildman–Crippen MR) is 58.6 cm³/mol. The van der Waals surface area contributed by atoms with Gasteiger partial charge in [-0.15, -0.1) is 0 Å². The fourth-order valence-electron chi connectivity index (χ4n) is 1.65. The van der Waals surface area contributed by atoms with Crippen LogP contribution in [-0.2, 0) is 14.3 Å². The van der Waals surface area contributed by atoms with E-state index in [1.807, 2.05) is 6.92 Å². The zero-order valence-corrected chi connectivity index (χ0v) is 9.49. The Morgan fingerprint density at radius 3 is 2.81 bits per heavy atom. The Bertz CT molecular complexity index is 258. The number of amides is 2. The van der Waals surface area contributed by atoms with Gasteiger partial charge in [-0.2, -0.15) is 0 Å². The zero-order chi connectivity index (χ0) is 12.0. The van der Waals surface area contributed by atoms with E-state index in [4.69, 9.17) is 10.5 Å². The maximum atomic E-state index is 11.4. The van der Waals surface area contributed by atoms with Gasteiger partial charge in [0, 0.05) is 25.7 Å². The fourth-order valence-corrected chi connectivity index (χ4v) is 1.65. The highest BCUT2D eigenvalue weighted by Gasteiger charge is 2.23. The van der Waals surface area contributed by atoms with E-state index in [1.54, 1.807) is 0 Å². The summed E-state index contributed by atoms with van der Waals surface area (Å²) >= 11 is 0. The average molecular weight is 229 g/mol. The molecular weight excluding hydrogens is 210 g/mol. The molecule has 1 aliphatic heterocycles. The summed E-state index contributed by atoms with van der Waals surface area (Å²) in [7, 11) is 0. The number of ether oxygens (including phenoxy) is 1. The Hall–Kier alpha value is -1.14. The molecule has 1 rings (SSSR count). The molecule has 6 heteroatoms. The van der Waals surface area contributed by atoms with E-state index < -0.39 is 11.8 Å². The van der Waals surface area contributed by atoms with E-state index in [9.17, 15) is 9.59 Å². The lowest BCUT2D eigenvalue weighted by atomic mass is 10.0. The van der Waals surface area contributed by atoms with Crippen LogP contribution in [0.25, 0.3) is 0 Å². The van der Waals surface area contributed by atoms with Crippen molar-refractivity contribution in [2.75, 3.05) is 19.7 Å². The minimum atomic E-state index is -0.621. The van der Waals surface area contributed by atoms with Crippen LogP contribution < -0.4 is 16.4 Å². The van der Waals surface area contributed by atoms with Crippen LogP contribution in [0.15, 0.2) is 0 Å². The summed E-state index contributed by atoms with van der Waals surface area (Å²) in [4.78, 5) is 22.7. The lowest BCUT2D eigenvalue weighted by Gasteiger charge is -2.27. The van der Waals surface area contributed by atoms with Crippen LogP contribution in [0.5, 0.6) is 0 Å². The third-order valence-corrected chi connectivity index (χ3v) is 2.46. The highest BCUT2D eigenvalue weighted by atomic mass is 16.5. The van der Waals surface area contributed by atoms with Gasteiger partial charge in [0.2, 0.25) is 0 Å². The van der Waals surface area contributed by atoms with Gasteiger partial charge in [-0.25, -0.2) is 0 Å². The van der Waals surface area contributed by atoms with E-state index in [0.717, 1.165) is 12.8 Å². The summed E-state index contributed by atoms with van der Waals surface area (Å²) in [5.74, 6) is -1.21. The summed E-state index contributed by atoms with van der Waals surface area (Å²) in [6.07, 6.45) is 1.63. The average Bonchev–Trinajstić information content (AvgIpc) is 2.25. The molecule has 1 fully saturated rings. The Labute approximate surface area is 94.9 Å². The molecule has 4 N–H and O–H groups in total. The number of hydrogen-bond acceptors (Lipinski definition) is 4. The molecule has 0 saturated carbocycles. The van der Waals surface area contributed by atoms with Gasteiger partial charge < -0.3 is 21.1 Å². The van der Waals surface area contributed by atoms with Crippen molar-refractivity contribution in [3.05, 3.63) is 0 Å². The minimum absolute atomic E-state index is 0.0277. The van der Waals surface area contributed by atoms with Gasteiger partial charge in [0.25, 0.3) is 0 Å². The molecular formula is C10H19N3O3. The van der Waals surface area contributed by atoms with E-state index in [1.165, 1.54) is 0 Å². The van der Waals surface area contributed by atoms with Crippen LogP contribution in [0.1, 0.15) is 19.8 Å². The zero-order valence-electron chi connectivity index (χ0n) is 9.49. The quantitative estimate of drug-likeness (QED) is 0.527. The first-order valence-electron chi connectivity index (χ1n) is 5.54. The second kappa shape index (κ2) is 6.44. The Morgan fingerprint density at radius 2 is 2.19 bits per heavy atom. The molecule has 6 nitrogen and oxygen atoms in total. The van der Waals surface area contributed by atoms with Crippen molar-refractivity contribution < 1.29 is 14.3 Å². The molecule has 2 atom stereocenters. The highest BCUT2D eigenvalue weighted by molar-refractivity contribution is 6.35. The summed E-state index contributed by atoms with van der Waals surface area (Å²) in [5, 5.41) is 5.11. The largest absolute Gasteiger partial charge is 0.378 e. The van der Waals surface area contributed by atoms with Crippen molar-refractivity contribution in [2.24, 2.45) is 5.73 Å². The molecule has 92 valence electrons. The lowest BCUT2D eigenvalue weighted by Crippen LogP contribution is -2.48. The molecule has 2 amide bonds. The number of nitrogens with two attached hydrogens (primary N) is 1. The van der Waals surface area contributed by atoms with Gasteiger partial charge in [0.05, 0.1) is 6.10 Å². The van der Waals surface area contributed by atoms with Gasteiger partial charge in [-0.3, -0.25) is 9.59 Å². The summed E-state index contributed by atoms with van der Waals surface area (Å²) < 4.78 is 5.35. The van der Waals surface area contributed by atoms with Crippen molar-refractivity contribution in [3.8, 4) is 0 Å². The Morgan fingerprint density at radius 1 is 1.44 bits per heavy atom. The molecule has 1 saturated heterocycles. The SMILES string of the molecule is CC1CC(NC(=O)C(=O)NCCN)CCO1. The van der Waals surface area contributed by atoms with Gasteiger partial charge in [0.15, 0.2) is 0 Å². The Balaban J connectivity index is 2.29. The van der Waals surface area contributed by atoms with Crippen molar-refractivity contribution in [3.63, 3.8) is 0 Å². The lowest BCUT2D eigenvalue weighted by molar-refractivity contribution is -0.140. The van der Waals surface area contributed by atoms with E-state index in [0.29, 0.717) is 19.7 Å². The maximum Gasteiger partial charge on any atom is 0.309 e. The third kappa shape index (κ3) is 4.16. The fraction of sp³-hybridized carbons (Fsp3) is 0.800. The molecule has 2 unspecified atom stereocenters. The number of hydrogen-bond donors (Lipinski definition) is 3. The number of carbonyl (C=O) groups is 2. The smallest absolute Gasteiger partial charge is 0.309 e. The maximum absolute atomic E-state index is 11.4. The van der Waals surface area contributed by atoms with Gasteiger partial charge in [-0.1, -0.05) is 0 Å². The number of carbonyl (C=O) groups excluding carboxylic acids is 2. The Kier molecular flexibility index (Phi) is 5.21. The molecule has 0 radical (unpaired) electrons. The molecule has 0 bridgehead atoms. The monoisotopic (exact) mass is 229 g/mol. The topological polar surface area (TPSA) is 93.5 Å². The molecule has 1 aliphatic rings. The third-order valence-electron chi connectivity index (χ3n) is 2.46. The molecule has 0 aromatic heterocycles. The molecule has 0 aliphatic carbocycles. The first kappa shape index (κ1) is 12.9. The number of rotatable bonds is 3. The van der Waals surface area contributed by atoms with Crippen molar-refractivity contribution in [1.82, 2.24) is 10.6 Å². The molecule has 0 aromatic carbocycles. The second-order valence-corrected chi connectivity index (χ2v) is 3.92. The van der Waals surface area contributed by atoms with Crippen LogP contribution >= 0.6 is 0 Å². The standard InChI is InChI=1S/C10H19N3O3/c1-7-6-8(2-5-16-7)13-10(15)9(14)12-4-3-11/h7-8H,2-6,11H2,1H3,(H,12,14)(H,13,15).